The third-order valence-corrected chi connectivity index (χ3v) is 5.06. The predicted octanol–water partition coefficient (Wildman–Crippen LogP) is 2.85. The van der Waals surface area contributed by atoms with Gasteiger partial charge in [-0.05, 0) is 30.7 Å². The van der Waals surface area contributed by atoms with Crippen molar-refractivity contribution in [3.05, 3.63) is 54.1 Å². The smallest absolute Gasteiger partial charge is 0.254 e. The van der Waals surface area contributed by atoms with Gasteiger partial charge in [0.25, 0.3) is 5.91 Å². The van der Waals surface area contributed by atoms with E-state index in [2.05, 4.69) is 0 Å². The second kappa shape index (κ2) is 10.5. The summed E-state index contributed by atoms with van der Waals surface area (Å²) in [6.07, 6.45) is 1.10. The van der Waals surface area contributed by atoms with E-state index in [0.29, 0.717) is 62.7 Å². The van der Waals surface area contributed by atoms with E-state index in [1.54, 1.807) is 37.3 Å². The van der Waals surface area contributed by atoms with Gasteiger partial charge in [0.15, 0.2) is 0 Å². The van der Waals surface area contributed by atoms with E-state index in [4.69, 9.17) is 14.2 Å². The van der Waals surface area contributed by atoms with Crippen molar-refractivity contribution in [2.24, 2.45) is 0 Å². The van der Waals surface area contributed by atoms with Crippen molar-refractivity contribution >= 4 is 11.8 Å². The molecule has 0 aromatic heterocycles. The Morgan fingerprint density at radius 2 is 1.43 bits per heavy atom. The number of rotatable bonds is 8. The van der Waals surface area contributed by atoms with Gasteiger partial charge < -0.3 is 24.0 Å². The fourth-order valence-corrected chi connectivity index (χ4v) is 3.36. The number of carbonyl (C=O) groups excluding carboxylic acids is 2. The predicted molar refractivity (Wildman–Crippen MR) is 113 cm³/mol. The number of amides is 2. The van der Waals surface area contributed by atoms with E-state index in [1.165, 1.54) is 0 Å². The summed E-state index contributed by atoms with van der Waals surface area (Å²) in [5.41, 5.74) is 0.518. The van der Waals surface area contributed by atoms with Crippen molar-refractivity contribution in [3.63, 3.8) is 0 Å². The Labute approximate surface area is 177 Å². The van der Waals surface area contributed by atoms with Crippen molar-refractivity contribution < 1.29 is 23.8 Å². The fourth-order valence-electron chi connectivity index (χ4n) is 3.36. The number of methoxy groups -OCH3 is 2. The van der Waals surface area contributed by atoms with Crippen LogP contribution in [0.3, 0.4) is 0 Å². The average molecular weight is 412 g/mol. The highest BCUT2D eigenvalue weighted by Crippen LogP contribution is 2.24. The Bertz CT molecular complexity index is 826. The summed E-state index contributed by atoms with van der Waals surface area (Å²) in [5, 5.41) is 0. The van der Waals surface area contributed by atoms with Crippen LogP contribution in [0.15, 0.2) is 48.5 Å². The van der Waals surface area contributed by atoms with E-state index in [-0.39, 0.29) is 11.8 Å². The van der Waals surface area contributed by atoms with Crippen molar-refractivity contribution in [2.45, 2.75) is 12.8 Å². The first kappa shape index (κ1) is 21.5. The summed E-state index contributed by atoms with van der Waals surface area (Å²) < 4.78 is 16.1. The number of para-hydroxylation sites is 1. The maximum absolute atomic E-state index is 12.9. The standard InChI is InChI=1S/C23H28N2O5/c1-28-20-15-18(16-21(17-20)29-2)23(27)25-12-10-24(11-13-25)22(26)9-6-14-30-19-7-4-3-5-8-19/h3-5,7-8,15-17H,6,9-14H2,1-2H3. The topological polar surface area (TPSA) is 68.3 Å². The molecule has 2 aromatic rings. The van der Waals surface area contributed by atoms with E-state index in [1.807, 2.05) is 35.2 Å². The highest BCUT2D eigenvalue weighted by atomic mass is 16.5. The van der Waals surface area contributed by atoms with Gasteiger partial charge in [-0.1, -0.05) is 18.2 Å². The summed E-state index contributed by atoms with van der Waals surface area (Å²) in [4.78, 5) is 28.9. The van der Waals surface area contributed by atoms with Crippen molar-refractivity contribution in [3.8, 4) is 17.2 Å². The first-order valence-corrected chi connectivity index (χ1v) is 10.1. The summed E-state index contributed by atoms with van der Waals surface area (Å²) >= 11 is 0. The molecule has 0 N–H and O–H groups in total. The molecule has 0 spiro atoms. The molecule has 0 radical (unpaired) electrons. The first-order valence-electron chi connectivity index (χ1n) is 10.1. The van der Waals surface area contributed by atoms with Crippen LogP contribution in [0, 0.1) is 0 Å². The van der Waals surface area contributed by atoms with Crippen molar-refractivity contribution in [1.29, 1.82) is 0 Å². The Kier molecular flexibility index (Phi) is 7.54. The molecule has 1 aliphatic rings. The molecule has 7 heteroatoms. The van der Waals surface area contributed by atoms with Gasteiger partial charge >= 0.3 is 0 Å². The van der Waals surface area contributed by atoms with Gasteiger partial charge in [-0.15, -0.1) is 0 Å². The third-order valence-electron chi connectivity index (χ3n) is 5.06. The molecule has 0 aliphatic carbocycles. The summed E-state index contributed by atoms with van der Waals surface area (Å²) in [5.74, 6) is 1.97. The number of carbonyl (C=O) groups is 2. The molecule has 1 saturated heterocycles. The lowest BCUT2D eigenvalue weighted by molar-refractivity contribution is -0.132. The third kappa shape index (κ3) is 5.65. The zero-order valence-corrected chi connectivity index (χ0v) is 17.5. The van der Waals surface area contributed by atoms with E-state index < -0.39 is 0 Å². The average Bonchev–Trinajstić information content (AvgIpc) is 2.81. The summed E-state index contributed by atoms with van der Waals surface area (Å²) in [6, 6.07) is 14.7. The minimum absolute atomic E-state index is 0.0874. The Morgan fingerprint density at radius 3 is 2.03 bits per heavy atom. The van der Waals surface area contributed by atoms with Crippen LogP contribution in [-0.4, -0.2) is 68.6 Å². The zero-order chi connectivity index (χ0) is 21.3. The summed E-state index contributed by atoms with van der Waals surface area (Å²) in [7, 11) is 3.11. The lowest BCUT2D eigenvalue weighted by atomic mass is 10.1. The highest BCUT2D eigenvalue weighted by Gasteiger charge is 2.25. The molecule has 0 bridgehead atoms. The van der Waals surface area contributed by atoms with Crippen LogP contribution in [0.4, 0.5) is 0 Å². The minimum atomic E-state index is -0.0874. The number of benzene rings is 2. The second-order valence-electron chi connectivity index (χ2n) is 7.04. The molecule has 0 unspecified atom stereocenters. The van der Waals surface area contributed by atoms with Gasteiger partial charge in [-0.25, -0.2) is 0 Å². The zero-order valence-electron chi connectivity index (χ0n) is 17.5. The van der Waals surface area contributed by atoms with Gasteiger partial charge in [-0.2, -0.15) is 0 Å². The lowest BCUT2D eigenvalue weighted by Crippen LogP contribution is -2.50. The van der Waals surface area contributed by atoms with Crippen LogP contribution in [0.1, 0.15) is 23.2 Å². The Balaban J connectivity index is 1.45. The number of ether oxygens (including phenoxy) is 3. The number of nitrogens with zero attached hydrogens (tertiary/aromatic N) is 2. The van der Waals surface area contributed by atoms with Crippen LogP contribution in [0.5, 0.6) is 17.2 Å². The monoisotopic (exact) mass is 412 g/mol. The minimum Gasteiger partial charge on any atom is -0.497 e. The fraction of sp³-hybridized carbons (Fsp3) is 0.391. The van der Waals surface area contributed by atoms with E-state index >= 15 is 0 Å². The maximum atomic E-state index is 12.9. The SMILES string of the molecule is COc1cc(OC)cc(C(=O)N2CCN(C(=O)CCCOc3ccccc3)CC2)c1. The molecule has 7 nitrogen and oxygen atoms in total. The molecule has 0 saturated carbocycles. The Morgan fingerprint density at radius 1 is 0.833 bits per heavy atom. The molecule has 30 heavy (non-hydrogen) atoms. The Hall–Kier alpha value is -3.22. The molecule has 1 aliphatic heterocycles. The van der Waals surface area contributed by atoms with Gasteiger partial charge in [-0.3, -0.25) is 9.59 Å². The number of hydrogen-bond acceptors (Lipinski definition) is 5. The normalized spacial score (nSPS) is 13.7. The molecule has 1 fully saturated rings. The molecule has 160 valence electrons. The van der Waals surface area contributed by atoms with E-state index in [0.717, 1.165) is 5.75 Å². The molecule has 0 atom stereocenters. The van der Waals surface area contributed by atoms with Crippen LogP contribution >= 0.6 is 0 Å². The maximum Gasteiger partial charge on any atom is 0.254 e. The van der Waals surface area contributed by atoms with Gasteiger partial charge in [0.1, 0.15) is 17.2 Å². The number of piperazine rings is 1. The molecule has 1 heterocycles. The van der Waals surface area contributed by atoms with Gasteiger partial charge in [0, 0.05) is 44.2 Å². The molecule has 2 amide bonds. The molecular weight excluding hydrogens is 384 g/mol. The van der Waals surface area contributed by atoms with Gasteiger partial charge in [0.2, 0.25) is 5.91 Å². The van der Waals surface area contributed by atoms with Crippen LogP contribution in [0.2, 0.25) is 0 Å². The number of hydrogen-bond donors (Lipinski definition) is 0. The van der Waals surface area contributed by atoms with Crippen LogP contribution < -0.4 is 14.2 Å². The second-order valence-corrected chi connectivity index (χ2v) is 7.04. The van der Waals surface area contributed by atoms with E-state index in [9.17, 15) is 9.59 Å². The van der Waals surface area contributed by atoms with Crippen LogP contribution in [-0.2, 0) is 4.79 Å². The molecule has 3 rings (SSSR count). The highest BCUT2D eigenvalue weighted by molar-refractivity contribution is 5.95. The molecule has 2 aromatic carbocycles. The first-order chi connectivity index (χ1) is 14.6. The van der Waals surface area contributed by atoms with Crippen LogP contribution in [0.25, 0.3) is 0 Å². The van der Waals surface area contributed by atoms with Gasteiger partial charge in [0.05, 0.1) is 20.8 Å². The van der Waals surface area contributed by atoms with Crippen molar-refractivity contribution in [1.82, 2.24) is 9.80 Å². The molecular formula is C23H28N2O5. The quantitative estimate of drug-likeness (QED) is 0.624. The van der Waals surface area contributed by atoms with Crippen molar-refractivity contribution in [2.75, 3.05) is 47.0 Å². The lowest BCUT2D eigenvalue weighted by Gasteiger charge is -2.35. The summed E-state index contributed by atoms with van der Waals surface area (Å²) in [6.45, 7) is 2.58. The largest absolute Gasteiger partial charge is 0.497 e.